The van der Waals surface area contributed by atoms with Gasteiger partial charge in [0, 0.05) is 24.7 Å². The number of benzene rings is 2. The Bertz CT molecular complexity index is 1020. The summed E-state index contributed by atoms with van der Waals surface area (Å²) >= 11 is 0. The number of methoxy groups -OCH3 is 1. The molecule has 0 aromatic heterocycles. The Morgan fingerprint density at radius 3 is 2.50 bits per heavy atom. The van der Waals surface area contributed by atoms with Crippen molar-refractivity contribution in [2.24, 2.45) is 0 Å². The van der Waals surface area contributed by atoms with E-state index in [1.807, 2.05) is 0 Å². The second kappa shape index (κ2) is 11.4. The molecule has 2 aromatic rings. The summed E-state index contributed by atoms with van der Waals surface area (Å²) < 4.78 is 23.9. The molecule has 1 aliphatic carbocycles. The molecule has 0 radical (unpaired) electrons. The molecule has 0 heterocycles. The number of ether oxygens (including phenoxy) is 2. The minimum atomic E-state index is -0.784. The Labute approximate surface area is 197 Å². The number of carbonyl (C=O) groups is 2. The SMILES string of the molecule is COc1cc(OCC(=O)N(Cc2ccc(F)cc2)[C@H](C)C(=O)NC2CCCC2)ccc1[N+](=O)[O-]. The van der Waals surface area contributed by atoms with E-state index in [1.165, 1.54) is 42.3 Å². The molecule has 1 saturated carbocycles. The summed E-state index contributed by atoms with van der Waals surface area (Å²) in [5.41, 5.74) is 0.434. The summed E-state index contributed by atoms with van der Waals surface area (Å²) in [5, 5.41) is 14.1. The highest BCUT2D eigenvalue weighted by Gasteiger charge is 2.29. The van der Waals surface area contributed by atoms with Gasteiger partial charge < -0.3 is 19.7 Å². The van der Waals surface area contributed by atoms with Gasteiger partial charge in [0.05, 0.1) is 12.0 Å². The molecule has 10 heteroatoms. The van der Waals surface area contributed by atoms with Gasteiger partial charge in [-0.25, -0.2) is 4.39 Å². The topological polar surface area (TPSA) is 111 Å². The first kappa shape index (κ1) is 24.9. The second-order valence-corrected chi connectivity index (χ2v) is 8.19. The van der Waals surface area contributed by atoms with E-state index >= 15 is 0 Å². The van der Waals surface area contributed by atoms with Gasteiger partial charge in [0.1, 0.15) is 17.6 Å². The number of nitro benzene ring substituents is 1. The van der Waals surface area contributed by atoms with Crippen LogP contribution < -0.4 is 14.8 Å². The third-order valence-corrected chi connectivity index (χ3v) is 5.85. The number of nitrogens with one attached hydrogen (secondary N) is 1. The lowest BCUT2D eigenvalue weighted by Crippen LogP contribution is -2.50. The number of hydrogen-bond donors (Lipinski definition) is 1. The van der Waals surface area contributed by atoms with Crippen LogP contribution in [-0.2, 0) is 16.1 Å². The monoisotopic (exact) mass is 473 g/mol. The van der Waals surface area contributed by atoms with Crippen molar-refractivity contribution in [3.63, 3.8) is 0 Å². The Morgan fingerprint density at radius 2 is 1.88 bits per heavy atom. The first-order chi connectivity index (χ1) is 16.3. The van der Waals surface area contributed by atoms with Gasteiger partial charge in [0.15, 0.2) is 6.61 Å². The fourth-order valence-corrected chi connectivity index (χ4v) is 3.89. The molecular weight excluding hydrogens is 445 g/mol. The van der Waals surface area contributed by atoms with Crippen LogP contribution in [0.3, 0.4) is 0 Å². The van der Waals surface area contributed by atoms with Crippen molar-refractivity contribution in [3.8, 4) is 11.5 Å². The fourth-order valence-electron chi connectivity index (χ4n) is 3.89. The van der Waals surface area contributed by atoms with E-state index in [2.05, 4.69) is 5.32 Å². The van der Waals surface area contributed by atoms with E-state index in [0.29, 0.717) is 5.56 Å². The average Bonchev–Trinajstić information content (AvgIpc) is 3.34. The van der Waals surface area contributed by atoms with Crippen LogP contribution in [0.4, 0.5) is 10.1 Å². The molecule has 2 amide bonds. The highest BCUT2D eigenvalue weighted by molar-refractivity contribution is 5.88. The number of amides is 2. The van der Waals surface area contributed by atoms with E-state index < -0.39 is 29.3 Å². The molecule has 1 atom stereocenters. The minimum Gasteiger partial charge on any atom is -0.490 e. The first-order valence-corrected chi connectivity index (χ1v) is 11.1. The van der Waals surface area contributed by atoms with Gasteiger partial charge in [-0.3, -0.25) is 19.7 Å². The standard InChI is InChI=1S/C24H28FN3O6/c1-16(24(30)26-19-5-3-4-6-19)27(14-17-7-9-18(25)10-8-17)23(29)15-34-20-11-12-21(28(31)32)22(13-20)33-2/h7-13,16,19H,3-6,14-15H2,1-2H3,(H,26,30)/t16-/m1/s1. The summed E-state index contributed by atoms with van der Waals surface area (Å²) in [6.45, 7) is 1.33. The largest absolute Gasteiger partial charge is 0.490 e. The molecule has 0 bridgehead atoms. The predicted molar refractivity (Wildman–Crippen MR) is 122 cm³/mol. The van der Waals surface area contributed by atoms with Crippen LogP contribution in [0.25, 0.3) is 0 Å². The van der Waals surface area contributed by atoms with E-state index in [0.717, 1.165) is 25.7 Å². The van der Waals surface area contributed by atoms with Crippen LogP contribution in [0.5, 0.6) is 11.5 Å². The third-order valence-electron chi connectivity index (χ3n) is 5.85. The smallest absolute Gasteiger partial charge is 0.311 e. The maximum absolute atomic E-state index is 13.3. The summed E-state index contributed by atoms with van der Waals surface area (Å²) in [7, 11) is 1.30. The normalized spacial score (nSPS) is 14.3. The number of nitrogens with zero attached hydrogens (tertiary/aromatic N) is 2. The summed E-state index contributed by atoms with van der Waals surface area (Å²) in [4.78, 5) is 37.8. The Kier molecular flexibility index (Phi) is 8.39. The highest BCUT2D eigenvalue weighted by Crippen LogP contribution is 2.30. The summed E-state index contributed by atoms with van der Waals surface area (Å²) in [6, 6.07) is 8.93. The lowest BCUT2D eigenvalue weighted by molar-refractivity contribution is -0.385. The van der Waals surface area contributed by atoms with E-state index in [-0.39, 0.29) is 35.7 Å². The quantitative estimate of drug-likeness (QED) is 0.417. The molecule has 0 unspecified atom stereocenters. The van der Waals surface area contributed by atoms with Gasteiger partial charge in [-0.1, -0.05) is 25.0 Å². The molecule has 1 N–H and O–H groups in total. The molecule has 9 nitrogen and oxygen atoms in total. The Balaban J connectivity index is 1.73. The molecule has 1 fully saturated rings. The lowest BCUT2D eigenvalue weighted by Gasteiger charge is -2.29. The first-order valence-electron chi connectivity index (χ1n) is 11.1. The van der Waals surface area contributed by atoms with Crippen molar-refractivity contribution in [1.29, 1.82) is 0 Å². The maximum atomic E-state index is 13.3. The van der Waals surface area contributed by atoms with E-state index in [1.54, 1.807) is 19.1 Å². The minimum absolute atomic E-state index is 0.00225. The van der Waals surface area contributed by atoms with Crippen molar-refractivity contribution < 1.29 is 28.4 Å². The zero-order valence-corrected chi connectivity index (χ0v) is 19.2. The molecule has 0 saturated heterocycles. The van der Waals surface area contributed by atoms with E-state index in [4.69, 9.17) is 9.47 Å². The van der Waals surface area contributed by atoms with Gasteiger partial charge >= 0.3 is 5.69 Å². The number of halogens is 1. The number of rotatable bonds is 10. The molecule has 2 aromatic carbocycles. The molecular formula is C24H28FN3O6. The van der Waals surface area contributed by atoms with Crippen molar-refractivity contribution in [2.45, 2.75) is 51.2 Å². The Morgan fingerprint density at radius 1 is 1.21 bits per heavy atom. The Hall–Kier alpha value is -3.69. The van der Waals surface area contributed by atoms with Crippen LogP contribution in [-0.4, -0.2) is 47.4 Å². The average molecular weight is 474 g/mol. The number of nitro groups is 1. The van der Waals surface area contributed by atoms with Crippen LogP contribution in [0, 0.1) is 15.9 Å². The summed E-state index contributed by atoms with van der Waals surface area (Å²) in [5.74, 6) is -0.915. The molecule has 0 aliphatic heterocycles. The molecule has 1 aliphatic rings. The van der Waals surface area contributed by atoms with Gasteiger partial charge in [0.2, 0.25) is 11.7 Å². The number of hydrogen-bond acceptors (Lipinski definition) is 6. The van der Waals surface area contributed by atoms with Gasteiger partial charge in [-0.2, -0.15) is 0 Å². The second-order valence-electron chi connectivity index (χ2n) is 8.19. The molecule has 34 heavy (non-hydrogen) atoms. The van der Waals surface area contributed by atoms with Gasteiger partial charge in [0.25, 0.3) is 5.91 Å². The molecule has 182 valence electrons. The van der Waals surface area contributed by atoms with Crippen molar-refractivity contribution >= 4 is 17.5 Å². The predicted octanol–water partition coefficient (Wildman–Crippen LogP) is 3.60. The van der Waals surface area contributed by atoms with Gasteiger partial charge in [-0.15, -0.1) is 0 Å². The third kappa shape index (κ3) is 6.43. The molecule has 0 spiro atoms. The maximum Gasteiger partial charge on any atom is 0.311 e. The van der Waals surface area contributed by atoms with Crippen molar-refractivity contribution in [1.82, 2.24) is 10.2 Å². The zero-order valence-electron chi connectivity index (χ0n) is 19.2. The van der Waals surface area contributed by atoms with Crippen molar-refractivity contribution in [2.75, 3.05) is 13.7 Å². The van der Waals surface area contributed by atoms with Crippen LogP contribution in [0.1, 0.15) is 38.2 Å². The summed E-state index contributed by atoms with van der Waals surface area (Å²) in [6.07, 6.45) is 3.94. The highest BCUT2D eigenvalue weighted by atomic mass is 19.1. The lowest BCUT2D eigenvalue weighted by atomic mass is 10.1. The van der Waals surface area contributed by atoms with Crippen molar-refractivity contribution in [3.05, 3.63) is 64.0 Å². The van der Waals surface area contributed by atoms with Crippen LogP contribution in [0.15, 0.2) is 42.5 Å². The van der Waals surface area contributed by atoms with E-state index in [9.17, 15) is 24.1 Å². The number of carbonyl (C=O) groups excluding carboxylic acids is 2. The van der Waals surface area contributed by atoms with Gasteiger partial charge in [-0.05, 0) is 43.5 Å². The fraction of sp³-hybridized carbons (Fsp3) is 0.417. The van der Waals surface area contributed by atoms with Crippen LogP contribution in [0.2, 0.25) is 0 Å². The molecule has 3 rings (SSSR count). The van der Waals surface area contributed by atoms with Crippen LogP contribution >= 0.6 is 0 Å². The zero-order chi connectivity index (χ0) is 24.7.